The fourth-order valence-electron chi connectivity index (χ4n) is 3.30. The van der Waals surface area contributed by atoms with Crippen molar-refractivity contribution >= 4 is 43.2 Å². The van der Waals surface area contributed by atoms with Gasteiger partial charge in [-0.05, 0) is 84.9 Å². The summed E-state index contributed by atoms with van der Waals surface area (Å²) in [5, 5.41) is 6.18. The number of sulfonamides is 2. The molecule has 0 saturated heterocycles. The van der Waals surface area contributed by atoms with E-state index < -0.39 is 31.1 Å². The Hall–Kier alpha value is -3.06. The molecule has 3 rings (SSSR count). The van der Waals surface area contributed by atoms with Crippen LogP contribution in [0, 0.1) is 6.92 Å². The summed E-state index contributed by atoms with van der Waals surface area (Å²) in [6.45, 7) is 12.5. The number of nitrogens with zero attached hydrogens (tertiary/aromatic N) is 2. The van der Waals surface area contributed by atoms with Crippen molar-refractivity contribution in [2.75, 3.05) is 10.6 Å². The number of aromatic nitrogens is 2. The van der Waals surface area contributed by atoms with E-state index in [1.807, 2.05) is 6.92 Å². The molecule has 2 aromatic carbocycles. The first kappa shape index (κ1) is 28.5. The summed E-state index contributed by atoms with van der Waals surface area (Å²) in [4.78, 5) is 9.03. The van der Waals surface area contributed by atoms with E-state index in [1.54, 1.807) is 72.0 Å². The van der Waals surface area contributed by atoms with Crippen LogP contribution < -0.4 is 20.1 Å². The SMILES string of the molecule is Cc1cnc(Nc2cccc(S(=O)(=O)NC(C)(C)C)c2)nc1Nc1cccc(S(=O)(=O)NC(C)(C)C)c1. The van der Waals surface area contributed by atoms with Crippen LogP contribution in [0.15, 0.2) is 64.5 Å². The molecule has 200 valence electrons. The molecule has 37 heavy (non-hydrogen) atoms. The van der Waals surface area contributed by atoms with Gasteiger partial charge >= 0.3 is 0 Å². The second kappa shape index (κ2) is 10.4. The second-order valence-electron chi connectivity index (χ2n) is 10.7. The van der Waals surface area contributed by atoms with Crippen LogP contribution in [0.2, 0.25) is 0 Å². The maximum atomic E-state index is 12.7. The summed E-state index contributed by atoms with van der Waals surface area (Å²) in [6.07, 6.45) is 1.61. The summed E-state index contributed by atoms with van der Waals surface area (Å²) in [5.74, 6) is 0.707. The van der Waals surface area contributed by atoms with Crippen LogP contribution in [0.25, 0.3) is 0 Å². The minimum atomic E-state index is -3.71. The van der Waals surface area contributed by atoms with Gasteiger partial charge in [-0.1, -0.05) is 12.1 Å². The lowest BCUT2D eigenvalue weighted by Crippen LogP contribution is -2.40. The summed E-state index contributed by atoms with van der Waals surface area (Å²) in [6, 6.07) is 12.8. The Labute approximate surface area is 219 Å². The number of rotatable bonds is 8. The average molecular weight is 547 g/mol. The average Bonchev–Trinajstić information content (AvgIpc) is 2.73. The van der Waals surface area contributed by atoms with Gasteiger partial charge in [0.15, 0.2) is 0 Å². The topological polar surface area (TPSA) is 142 Å². The van der Waals surface area contributed by atoms with Gasteiger partial charge in [-0.15, -0.1) is 0 Å². The fraction of sp³-hybridized carbons (Fsp3) is 0.360. The van der Waals surface area contributed by atoms with Gasteiger partial charge in [0, 0.05) is 34.2 Å². The number of anilines is 4. The van der Waals surface area contributed by atoms with E-state index >= 15 is 0 Å². The molecular formula is C25H34N6O4S2. The molecule has 0 aliphatic rings. The second-order valence-corrected chi connectivity index (χ2v) is 14.1. The molecule has 1 heterocycles. The number of benzene rings is 2. The van der Waals surface area contributed by atoms with E-state index in [1.165, 1.54) is 24.3 Å². The molecule has 0 amide bonds. The Balaban J connectivity index is 1.84. The predicted octanol–water partition coefficient (Wildman–Crippen LogP) is 4.43. The van der Waals surface area contributed by atoms with Crippen molar-refractivity contribution in [1.29, 1.82) is 0 Å². The highest BCUT2D eigenvalue weighted by atomic mass is 32.2. The normalized spacial score (nSPS) is 12.8. The lowest BCUT2D eigenvalue weighted by atomic mass is 10.1. The third-order valence-corrected chi connectivity index (χ3v) is 8.17. The third-order valence-electron chi connectivity index (χ3n) is 4.66. The minimum Gasteiger partial charge on any atom is -0.340 e. The Bertz CT molecular complexity index is 1490. The highest BCUT2D eigenvalue weighted by molar-refractivity contribution is 7.89. The Morgan fingerprint density at radius 1 is 0.703 bits per heavy atom. The Kier molecular flexibility index (Phi) is 7.99. The zero-order chi connectivity index (χ0) is 27.6. The molecule has 0 atom stereocenters. The highest BCUT2D eigenvalue weighted by Crippen LogP contribution is 2.24. The van der Waals surface area contributed by atoms with Gasteiger partial charge in [0.1, 0.15) is 5.82 Å². The van der Waals surface area contributed by atoms with Crippen molar-refractivity contribution in [2.24, 2.45) is 0 Å². The van der Waals surface area contributed by atoms with Gasteiger partial charge in [-0.25, -0.2) is 31.3 Å². The maximum Gasteiger partial charge on any atom is 0.241 e. The van der Waals surface area contributed by atoms with Crippen molar-refractivity contribution in [3.05, 3.63) is 60.3 Å². The Morgan fingerprint density at radius 3 is 1.62 bits per heavy atom. The van der Waals surface area contributed by atoms with Crippen LogP contribution in [-0.2, 0) is 20.0 Å². The first-order valence-electron chi connectivity index (χ1n) is 11.6. The van der Waals surface area contributed by atoms with E-state index in [4.69, 9.17) is 0 Å². The van der Waals surface area contributed by atoms with Crippen molar-refractivity contribution in [1.82, 2.24) is 19.4 Å². The van der Waals surface area contributed by atoms with E-state index in [9.17, 15) is 16.8 Å². The number of hydrogen-bond acceptors (Lipinski definition) is 8. The summed E-state index contributed by atoms with van der Waals surface area (Å²) < 4.78 is 56.1. The fourth-order valence-corrected chi connectivity index (χ4v) is 6.23. The van der Waals surface area contributed by atoms with Gasteiger partial charge in [-0.2, -0.15) is 4.98 Å². The molecule has 0 saturated carbocycles. The van der Waals surface area contributed by atoms with Crippen LogP contribution >= 0.6 is 0 Å². The number of hydrogen-bond donors (Lipinski definition) is 4. The molecule has 0 bridgehead atoms. The molecular weight excluding hydrogens is 512 g/mol. The van der Waals surface area contributed by atoms with E-state index in [2.05, 4.69) is 30.0 Å². The maximum absolute atomic E-state index is 12.7. The lowest BCUT2D eigenvalue weighted by molar-refractivity contribution is 0.490. The van der Waals surface area contributed by atoms with Crippen LogP contribution in [0.5, 0.6) is 0 Å². The molecule has 0 aliphatic heterocycles. The van der Waals surface area contributed by atoms with E-state index in [-0.39, 0.29) is 15.7 Å². The monoisotopic (exact) mass is 546 g/mol. The lowest BCUT2D eigenvalue weighted by Gasteiger charge is -2.20. The van der Waals surface area contributed by atoms with Crippen LogP contribution in [0.3, 0.4) is 0 Å². The quantitative estimate of drug-likeness (QED) is 0.325. The standard InChI is InChI=1S/C25H34N6O4S2/c1-17-16-26-23(28-19-11-9-13-21(15-19)37(34,35)31-25(5,6)7)29-22(17)27-18-10-8-12-20(14-18)36(32,33)30-24(2,3)4/h8-16,30-31H,1-7H3,(H2,26,27,28,29). The van der Waals surface area contributed by atoms with Crippen LogP contribution in [-0.4, -0.2) is 37.9 Å². The van der Waals surface area contributed by atoms with E-state index in [0.717, 1.165) is 5.56 Å². The highest BCUT2D eigenvalue weighted by Gasteiger charge is 2.23. The Morgan fingerprint density at radius 2 is 1.16 bits per heavy atom. The van der Waals surface area contributed by atoms with Crippen molar-refractivity contribution in [2.45, 2.75) is 69.3 Å². The molecule has 10 nitrogen and oxygen atoms in total. The molecule has 0 radical (unpaired) electrons. The van der Waals surface area contributed by atoms with Crippen molar-refractivity contribution < 1.29 is 16.8 Å². The third kappa shape index (κ3) is 8.22. The van der Waals surface area contributed by atoms with Crippen molar-refractivity contribution in [3.63, 3.8) is 0 Å². The molecule has 0 unspecified atom stereocenters. The van der Waals surface area contributed by atoms with Gasteiger partial charge in [-0.3, -0.25) is 0 Å². The molecule has 0 aliphatic carbocycles. The summed E-state index contributed by atoms with van der Waals surface area (Å²) in [5.41, 5.74) is 0.518. The molecule has 0 spiro atoms. The van der Waals surface area contributed by atoms with Gasteiger partial charge in [0.25, 0.3) is 0 Å². The van der Waals surface area contributed by atoms with Gasteiger partial charge in [0.05, 0.1) is 9.79 Å². The zero-order valence-corrected chi connectivity index (χ0v) is 23.7. The summed E-state index contributed by atoms with van der Waals surface area (Å²) >= 11 is 0. The number of nitrogens with one attached hydrogen (secondary N) is 4. The minimum absolute atomic E-state index is 0.111. The van der Waals surface area contributed by atoms with Gasteiger partial charge in [0.2, 0.25) is 26.0 Å². The summed E-state index contributed by atoms with van der Waals surface area (Å²) in [7, 11) is -7.42. The molecule has 0 fully saturated rings. The zero-order valence-electron chi connectivity index (χ0n) is 22.0. The molecule has 4 N–H and O–H groups in total. The largest absolute Gasteiger partial charge is 0.340 e. The smallest absolute Gasteiger partial charge is 0.241 e. The molecule has 1 aromatic heterocycles. The molecule has 3 aromatic rings. The van der Waals surface area contributed by atoms with Crippen LogP contribution in [0.4, 0.5) is 23.1 Å². The van der Waals surface area contributed by atoms with E-state index in [0.29, 0.717) is 17.2 Å². The first-order valence-corrected chi connectivity index (χ1v) is 14.6. The first-order chi connectivity index (χ1) is 16.9. The number of aryl methyl sites for hydroxylation is 1. The molecule has 12 heteroatoms. The van der Waals surface area contributed by atoms with Crippen LogP contribution in [0.1, 0.15) is 47.1 Å². The van der Waals surface area contributed by atoms with Gasteiger partial charge < -0.3 is 10.6 Å². The predicted molar refractivity (Wildman–Crippen MR) is 146 cm³/mol. The van der Waals surface area contributed by atoms with Crippen molar-refractivity contribution in [3.8, 4) is 0 Å².